The minimum Gasteiger partial charge on any atom is -0.465 e. The molecule has 0 spiro atoms. The number of hydrogen-bond donors (Lipinski definition) is 0. The first-order valence-electron chi connectivity index (χ1n) is 11.9. The molecule has 1 heterocycles. The SMILES string of the molecule is CC(C)N(CC#Cc1ccc(C(=O)/C=C/c2ccc(OC3CCCCO3)cc2)cc1)C(C)C. The van der Waals surface area contributed by atoms with Crippen LogP contribution in [0.25, 0.3) is 6.08 Å². The molecule has 4 heteroatoms. The van der Waals surface area contributed by atoms with E-state index in [0.717, 1.165) is 49.3 Å². The van der Waals surface area contributed by atoms with Gasteiger partial charge in [0.2, 0.25) is 0 Å². The fraction of sp³-hybridized carbons (Fsp3) is 0.414. The standard InChI is InChI=1S/C29H35NO3/c1-22(2)30(23(3)4)20-7-8-24-10-15-26(16-11-24)28(31)19-14-25-12-17-27(18-13-25)33-29-9-5-6-21-32-29/h10-19,22-23,29H,5-6,9,20-21H2,1-4H3/b19-14+. The maximum atomic E-state index is 12.5. The highest BCUT2D eigenvalue weighted by Gasteiger charge is 2.15. The molecular formula is C29H35NO3. The summed E-state index contributed by atoms with van der Waals surface area (Å²) < 4.78 is 11.5. The van der Waals surface area contributed by atoms with Gasteiger partial charge in [-0.2, -0.15) is 0 Å². The Morgan fingerprint density at radius 3 is 2.36 bits per heavy atom. The smallest absolute Gasteiger partial charge is 0.199 e. The first-order valence-corrected chi connectivity index (χ1v) is 11.9. The van der Waals surface area contributed by atoms with Crippen LogP contribution in [0.4, 0.5) is 0 Å². The summed E-state index contributed by atoms with van der Waals surface area (Å²) in [4.78, 5) is 14.9. The van der Waals surface area contributed by atoms with E-state index in [9.17, 15) is 4.79 Å². The minimum atomic E-state index is -0.154. The second-order valence-electron chi connectivity index (χ2n) is 8.92. The highest BCUT2D eigenvalue weighted by molar-refractivity contribution is 6.06. The lowest BCUT2D eigenvalue weighted by molar-refractivity contribution is -0.105. The number of hydrogen-bond acceptors (Lipinski definition) is 4. The Morgan fingerprint density at radius 1 is 1.06 bits per heavy atom. The third-order valence-electron chi connectivity index (χ3n) is 5.70. The Bertz CT molecular complexity index is 964. The van der Waals surface area contributed by atoms with Crippen LogP contribution in [0, 0.1) is 11.8 Å². The van der Waals surface area contributed by atoms with Gasteiger partial charge < -0.3 is 9.47 Å². The van der Waals surface area contributed by atoms with Gasteiger partial charge in [-0.3, -0.25) is 9.69 Å². The predicted octanol–water partition coefficient (Wildman–Crippen LogP) is 5.96. The van der Waals surface area contributed by atoms with Gasteiger partial charge in [-0.15, -0.1) is 0 Å². The van der Waals surface area contributed by atoms with Crippen LogP contribution in [-0.4, -0.2) is 42.2 Å². The molecule has 1 atom stereocenters. The van der Waals surface area contributed by atoms with Gasteiger partial charge in [-0.05, 0) is 88.6 Å². The van der Waals surface area contributed by atoms with E-state index in [-0.39, 0.29) is 12.1 Å². The first kappa shape index (κ1) is 24.8. The largest absolute Gasteiger partial charge is 0.465 e. The van der Waals surface area contributed by atoms with Crippen LogP contribution in [0.1, 0.15) is 68.4 Å². The van der Waals surface area contributed by atoms with Gasteiger partial charge in [0, 0.05) is 29.6 Å². The van der Waals surface area contributed by atoms with Gasteiger partial charge in [0.15, 0.2) is 12.1 Å². The van der Waals surface area contributed by atoms with Gasteiger partial charge in [0.05, 0.1) is 13.2 Å². The van der Waals surface area contributed by atoms with E-state index >= 15 is 0 Å². The molecule has 0 bridgehead atoms. The number of carbonyl (C=O) groups excluding carboxylic acids is 1. The molecule has 33 heavy (non-hydrogen) atoms. The van der Waals surface area contributed by atoms with Gasteiger partial charge in [0.25, 0.3) is 0 Å². The molecule has 0 saturated carbocycles. The molecule has 2 aromatic rings. The zero-order valence-corrected chi connectivity index (χ0v) is 20.2. The number of benzene rings is 2. The summed E-state index contributed by atoms with van der Waals surface area (Å²) in [6.45, 7) is 10.2. The molecule has 2 aromatic carbocycles. The van der Waals surface area contributed by atoms with Crippen LogP contribution in [0.2, 0.25) is 0 Å². The molecule has 0 radical (unpaired) electrons. The van der Waals surface area contributed by atoms with Crippen molar-refractivity contribution in [1.82, 2.24) is 4.90 Å². The molecule has 174 valence electrons. The van der Waals surface area contributed by atoms with Crippen molar-refractivity contribution < 1.29 is 14.3 Å². The average molecular weight is 446 g/mol. The Balaban J connectivity index is 1.53. The summed E-state index contributed by atoms with van der Waals surface area (Å²) in [7, 11) is 0. The summed E-state index contributed by atoms with van der Waals surface area (Å²) in [5.41, 5.74) is 2.51. The lowest BCUT2D eigenvalue weighted by atomic mass is 10.1. The lowest BCUT2D eigenvalue weighted by Gasteiger charge is -2.28. The summed E-state index contributed by atoms with van der Waals surface area (Å²) in [6.07, 6.45) is 6.43. The molecule has 1 unspecified atom stereocenters. The van der Waals surface area contributed by atoms with Crippen LogP contribution in [0.5, 0.6) is 5.75 Å². The van der Waals surface area contributed by atoms with Crippen LogP contribution in [0.3, 0.4) is 0 Å². The average Bonchev–Trinajstić information content (AvgIpc) is 2.82. The number of ketones is 1. The molecule has 1 fully saturated rings. The zero-order valence-electron chi connectivity index (χ0n) is 20.2. The highest BCUT2D eigenvalue weighted by Crippen LogP contribution is 2.20. The topological polar surface area (TPSA) is 38.8 Å². The first-order chi connectivity index (χ1) is 15.9. The Morgan fingerprint density at radius 2 is 1.76 bits per heavy atom. The van der Waals surface area contributed by atoms with Gasteiger partial charge in [-0.25, -0.2) is 0 Å². The van der Waals surface area contributed by atoms with Crippen molar-refractivity contribution in [2.24, 2.45) is 0 Å². The summed E-state index contributed by atoms with van der Waals surface area (Å²) >= 11 is 0. The van der Waals surface area contributed by atoms with E-state index in [2.05, 4.69) is 44.4 Å². The molecule has 1 aliphatic rings. The van der Waals surface area contributed by atoms with Crippen molar-refractivity contribution in [2.75, 3.05) is 13.2 Å². The van der Waals surface area contributed by atoms with Crippen LogP contribution in [-0.2, 0) is 4.74 Å². The van der Waals surface area contributed by atoms with E-state index in [1.165, 1.54) is 0 Å². The molecule has 0 N–H and O–H groups in total. The normalized spacial score (nSPS) is 16.3. The molecule has 3 rings (SSSR count). The van der Waals surface area contributed by atoms with E-state index in [0.29, 0.717) is 17.6 Å². The van der Waals surface area contributed by atoms with E-state index in [4.69, 9.17) is 9.47 Å². The van der Waals surface area contributed by atoms with Gasteiger partial charge in [-0.1, -0.05) is 30.0 Å². The summed E-state index contributed by atoms with van der Waals surface area (Å²) in [5.74, 6) is 7.20. The van der Waals surface area contributed by atoms with Crippen LogP contribution in [0.15, 0.2) is 54.6 Å². The van der Waals surface area contributed by atoms with Crippen LogP contribution < -0.4 is 4.74 Å². The van der Waals surface area contributed by atoms with Gasteiger partial charge >= 0.3 is 0 Å². The fourth-order valence-electron chi connectivity index (χ4n) is 3.79. The maximum Gasteiger partial charge on any atom is 0.199 e. The number of allylic oxidation sites excluding steroid dienone is 1. The van der Waals surface area contributed by atoms with E-state index in [1.54, 1.807) is 6.08 Å². The molecule has 4 nitrogen and oxygen atoms in total. The quantitative estimate of drug-likeness (QED) is 0.286. The molecule has 0 aliphatic carbocycles. The number of ether oxygens (including phenoxy) is 2. The van der Waals surface area contributed by atoms with Crippen molar-refractivity contribution in [3.05, 3.63) is 71.3 Å². The monoisotopic (exact) mass is 445 g/mol. The maximum absolute atomic E-state index is 12.5. The van der Waals surface area contributed by atoms with E-state index < -0.39 is 0 Å². The molecule has 0 aromatic heterocycles. The summed E-state index contributed by atoms with van der Waals surface area (Å²) in [6, 6.07) is 16.1. The Kier molecular flexibility index (Phi) is 9.30. The van der Waals surface area contributed by atoms with Crippen molar-refractivity contribution in [2.45, 2.75) is 65.3 Å². The number of rotatable bonds is 8. The van der Waals surface area contributed by atoms with E-state index in [1.807, 2.05) is 54.6 Å². The van der Waals surface area contributed by atoms with Gasteiger partial charge in [0.1, 0.15) is 5.75 Å². The predicted molar refractivity (Wildman–Crippen MR) is 134 cm³/mol. The fourth-order valence-corrected chi connectivity index (χ4v) is 3.79. The Hall–Kier alpha value is -2.87. The third kappa shape index (κ3) is 7.89. The van der Waals surface area contributed by atoms with Crippen molar-refractivity contribution >= 4 is 11.9 Å². The molecule has 1 aliphatic heterocycles. The zero-order chi connectivity index (χ0) is 23.6. The minimum absolute atomic E-state index is 0.0313. The third-order valence-corrected chi connectivity index (χ3v) is 5.70. The second kappa shape index (κ2) is 12.4. The van der Waals surface area contributed by atoms with Crippen molar-refractivity contribution in [3.8, 4) is 17.6 Å². The number of carbonyl (C=O) groups is 1. The molecule has 1 saturated heterocycles. The van der Waals surface area contributed by atoms with Crippen molar-refractivity contribution in [3.63, 3.8) is 0 Å². The Labute approximate surface area is 198 Å². The van der Waals surface area contributed by atoms with Crippen LogP contribution >= 0.6 is 0 Å². The number of nitrogens with zero attached hydrogens (tertiary/aromatic N) is 1. The lowest BCUT2D eigenvalue weighted by Crippen LogP contribution is -2.37. The highest BCUT2D eigenvalue weighted by atomic mass is 16.7. The molecule has 0 amide bonds. The molecular weight excluding hydrogens is 410 g/mol. The van der Waals surface area contributed by atoms with Crippen molar-refractivity contribution in [1.29, 1.82) is 0 Å². The summed E-state index contributed by atoms with van der Waals surface area (Å²) in [5, 5.41) is 0. The second-order valence-corrected chi connectivity index (χ2v) is 8.92.